The van der Waals surface area contributed by atoms with E-state index in [1.54, 1.807) is 11.8 Å². The van der Waals surface area contributed by atoms with Gasteiger partial charge in [-0.1, -0.05) is 47.8 Å². The Kier molecular flexibility index (Phi) is 4.54. The number of carbonyl (C=O) groups excluding carboxylic acids is 1. The maximum Gasteiger partial charge on any atom is 0.269 e. The molecule has 3 heterocycles. The number of para-hydroxylation sites is 1. The molecule has 1 aliphatic rings. The van der Waals surface area contributed by atoms with Crippen LogP contribution in [0.4, 0.5) is 5.69 Å². The van der Waals surface area contributed by atoms with Gasteiger partial charge in [-0.05, 0) is 24.0 Å². The van der Waals surface area contributed by atoms with Gasteiger partial charge in [-0.25, -0.2) is 4.98 Å². The number of fused-ring (bicyclic) bond motifs is 1. The molecule has 0 unspecified atom stereocenters. The molecule has 1 aromatic carbocycles. The molecular formula is C17H17N5OS2. The molecule has 0 aliphatic carbocycles. The molecule has 128 valence electrons. The zero-order valence-electron chi connectivity index (χ0n) is 13.7. The number of benzene rings is 1. The van der Waals surface area contributed by atoms with Gasteiger partial charge >= 0.3 is 0 Å². The van der Waals surface area contributed by atoms with Gasteiger partial charge in [0.25, 0.3) is 5.91 Å². The fraction of sp³-hybridized carbons (Fsp3) is 0.294. The molecule has 0 radical (unpaired) electrons. The van der Waals surface area contributed by atoms with Gasteiger partial charge in [-0.15, -0.1) is 5.10 Å². The Morgan fingerprint density at radius 2 is 2.24 bits per heavy atom. The molecule has 6 nitrogen and oxygen atoms in total. The van der Waals surface area contributed by atoms with Crippen molar-refractivity contribution in [2.75, 3.05) is 11.1 Å². The van der Waals surface area contributed by atoms with Crippen LogP contribution in [0.5, 0.6) is 0 Å². The number of rotatable bonds is 5. The van der Waals surface area contributed by atoms with E-state index in [0.717, 1.165) is 64.5 Å². The van der Waals surface area contributed by atoms with Crippen LogP contribution in [0, 0.1) is 0 Å². The number of aryl methyl sites for hydroxylation is 2. The van der Waals surface area contributed by atoms with E-state index in [-0.39, 0.29) is 5.91 Å². The number of carbonyl (C=O) groups is 1. The number of aromatic nitrogens is 4. The van der Waals surface area contributed by atoms with Gasteiger partial charge in [-0.2, -0.15) is 0 Å². The van der Waals surface area contributed by atoms with Crippen LogP contribution >= 0.6 is 23.3 Å². The third-order valence-corrected chi connectivity index (χ3v) is 5.74. The smallest absolute Gasteiger partial charge is 0.269 e. The summed E-state index contributed by atoms with van der Waals surface area (Å²) >= 11 is 2.90. The number of anilines is 1. The predicted octanol–water partition coefficient (Wildman–Crippen LogP) is 3.71. The topological polar surface area (TPSA) is 72.7 Å². The van der Waals surface area contributed by atoms with Crippen LogP contribution in [-0.2, 0) is 13.0 Å². The normalized spacial score (nSPS) is 13.0. The van der Waals surface area contributed by atoms with Gasteiger partial charge in [0.15, 0.2) is 5.16 Å². The van der Waals surface area contributed by atoms with E-state index >= 15 is 0 Å². The molecule has 0 atom stereocenters. The minimum absolute atomic E-state index is 0.160. The molecule has 1 aliphatic heterocycles. The van der Waals surface area contributed by atoms with Crippen molar-refractivity contribution in [1.29, 1.82) is 0 Å². The third-order valence-electron chi connectivity index (χ3n) is 4.00. The van der Waals surface area contributed by atoms with E-state index in [1.807, 2.05) is 24.3 Å². The van der Waals surface area contributed by atoms with E-state index in [0.29, 0.717) is 4.88 Å². The van der Waals surface area contributed by atoms with Crippen LogP contribution in [0.15, 0.2) is 35.6 Å². The van der Waals surface area contributed by atoms with Gasteiger partial charge in [0.05, 0.1) is 17.1 Å². The highest BCUT2D eigenvalue weighted by atomic mass is 32.2. The van der Waals surface area contributed by atoms with Crippen LogP contribution in [-0.4, -0.2) is 30.8 Å². The Morgan fingerprint density at radius 3 is 3.08 bits per heavy atom. The SMILES string of the molecule is CCCc1nnsc1C(=O)Nc1ccccc1-c1cn2c(n1)SCC2. The second kappa shape index (κ2) is 6.97. The summed E-state index contributed by atoms with van der Waals surface area (Å²) in [6, 6.07) is 7.75. The molecule has 0 bridgehead atoms. The molecule has 1 N–H and O–H groups in total. The van der Waals surface area contributed by atoms with E-state index in [2.05, 4.69) is 32.6 Å². The Morgan fingerprint density at radius 1 is 1.36 bits per heavy atom. The molecule has 0 fully saturated rings. The second-order valence-corrected chi connectivity index (χ2v) is 7.57. The van der Waals surface area contributed by atoms with Crippen molar-refractivity contribution in [3.05, 3.63) is 41.0 Å². The highest BCUT2D eigenvalue weighted by molar-refractivity contribution is 7.99. The second-order valence-electron chi connectivity index (χ2n) is 5.75. The summed E-state index contributed by atoms with van der Waals surface area (Å²) < 4.78 is 6.09. The quantitative estimate of drug-likeness (QED) is 0.740. The first-order chi connectivity index (χ1) is 12.3. The lowest BCUT2D eigenvalue weighted by Crippen LogP contribution is -2.13. The zero-order chi connectivity index (χ0) is 17.2. The number of nitrogens with one attached hydrogen (secondary N) is 1. The molecule has 3 aromatic rings. The van der Waals surface area contributed by atoms with E-state index < -0.39 is 0 Å². The summed E-state index contributed by atoms with van der Waals surface area (Å²) in [6.45, 7) is 3.04. The van der Waals surface area contributed by atoms with Crippen molar-refractivity contribution in [2.45, 2.75) is 31.5 Å². The number of hydrogen-bond acceptors (Lipinski definition) is 6. The van der Waals surface area contributed by atoms with Crippen LogP contribution < -0.4 is 5.32 Å². The fourth-order valence-corrected chi connectivity index (χ4v) is 4.36. The molecule has 0 saturated heterocycles. The molecular weight excluding hydrogens is 354 g/mol. The van der Waals surface area contributed by atoms with E-state index in [4.69, 9.17) is 4.98 Å². The molecule has 0 saturated carbocycles. The third kappa shape index (κ3) is 3.19. The largest absolute Gasteiger partial charge is 0.325 e. The summed E-state index contributed by atoms with van der Waals surface area (Å²) in [5.41, 5.74) is 3.33. The number of amides is 1. The number of hydrogen-bond donors (Lipinski definition) is 1. The predicted molar refractivity (Wildman–Crippen MR) is 100 cm³/mol. The Hall–Kier alpha value is -2.19. The van der Waals surface area contributed by atoms with Crippen LogP contribution in [0.1, 0.15) is 28.7 Å². The first kappa shape index (κ1) is 16.3. The molecule has 2 aromatic heterocycles. The lowest BCUT2D eigenvalue weighted by molar-refractivity contribution is 0.102. The van der Waals surface area contributed by atoms with Gasteiger partial charge in [0.2, 0.25) is 0 Å². The summed E-state index contributed by atoms with van der Waals surface area (Å²) in [4.78, 5) is 18.0. The summed E-state index contributed by atoms with van der Waals surface area (Å²) in [5.74, 6) is 0.909. The van der Waals surface area contributed by atoms with E-state index in [9.17, 15) is 4.79 Å². The highest BCUT2D eigenvalue weighted by Gasteiger charge is 2.20. The van der Waals surface area contributed by atoms with Crippen molar-refractivity contribution < 1.29 is 4.79 Å². The lowest BCUT2D eigenvalue weighted by Gasteiger charge is -2.09. The maximum atomic E-state index is 12.7. The summed E-state index contributed by atoms with van der Waals surface area (Å²) in [6.07, 6.45) is 3.74. The first-order valence-electron chi connectivity index (χ1n) is 8.18. The number of thioether (sulfide) groups is 1. The van der Waals surface area contributed by atoms with Gasteiger partial charge in [0.1, 0.15) is 4.88 Å². The van der Waals surface area contributed by atoms with Gasteiger partial charge in [0, 0.05) is 24.1 Å². The zero-order valence-corrected chi connectivity index (χ0v) is 15.4. The van der Waals surface area contributed by atoms with Crippen LogP contribution in [0.2, 0.25) is 0 Å². The van der Waals surface area contributed by atoms with Crippen LogP contribution in [0.3, 0.4) is 0 Å². The van der Waals surface area contributed by atoms with Crippen molar-refractivity contribution in [3.8, 4) is 11.3 Å². The Labute approximate surface area is 153 Å². The summed E-state index contributed by atoms with van der Waals surface area (Å²) in [5, 5.41) is 8.12. The average molecular weight is 371 g/mol. The molecule has 25 heavy (non-hydrogen) atoms. The van der Waals surface area contributed by atoms with Gasteiger partial charge < -0.3 is 9.88 Å². The van der Waals surface area contributed by atoms with Crippen molar-refractivity contribution in [1.82, 2.24) is 19.1 Å². The lowest BCUT2D eigenvalue weighted by atomic mass is 10.1. The molecule has 4 rings (SSSR count). The Bertz CT molecular complexity index is 896. The minimum atomic E-state index is -0.160. The minimum Gasteiger partial charge on any atom is -0.325 e. The van der Waals surface area contributed by atoms with E-state index in [1.165, 1.54) is 0 Å². The molecule has 8 heteroatoms. The fourth-order valence-electron chi connectivity index (χ4n) is 2.82. The highest BCUT2D eigenvalue weighted by Crippen LogP contribution is 2.32. The first-order valence-corrected chi connectivity index (χ1v) is 9.94. The summed E-state index contributed by atoms with van der Waals surface area (Å²) in [7, 11) is 0. The maximum absolute atomic E-state index is 12.7. The van der Waals surface area contributed by atoms with Crippen molar-refractivity contribution in [3.63, 3.8) is 0 Å². The van der Waals surface area contributed by atoms with Crippen LogP contribution in [0.25, 0.3) is 11.3 Å². The average Bonchev–Trinajstić information content (AvgIpc) is 3.31. The van der Waals surface area contributed by atoms with Gasteiger partial charge in [-0.3, -0.25) is 4.79 Å². The van der Waals surface area contributed by atoms with Crippen molar-refractivity contribution in [2.24, 2.45) is 0 Å². The standard InChI is InChI=1S/C17H17N5OS2/c1-2-5-13-15(25-21-20-13)16(23)18-12-7-4-3-6-11(12)14-10-22-8-9-24-17(22)19-14/h3-4,6-7,10H,2,5,8-9H2,1H3,(H,18,23). The Balaban J connectivity index is 1.62. The monoisotopic (exact) mass is 371 g/mol. The molecule has 0 spiro atoms. The molecule has 1 amide bonds. The number of nitrogens with zero attached hydrogens (tertiary/aromatic N) is 4. The number of imidazole rings is 1. The van der Waals surface area contributed by atoms with Crippen molar-refractivity contribution >= 4 is 34.9 Å².